The molecule has 3 aromatic rings. The second-order valence-corrected chi connectivity index (χ2v) is 6.15. The summed E-state index contributed by atoms with van der Waals surface area (Å²) in [5, 5.41) is 5.26. The second-order valence-electron chi connectivity index (χ2n) is 3.48. The number of aromatic nitrogens is 1. The second kappa shape index (κ2) is 4.76. The highest BCUT2D eigenvalue weighted by Crippen LogP contribution is 2.32. The van der Waals surface area contributed by atoms with E-state index < -0.39 is 0 Å². The quantitative estimate of drug-likeness (QED) is 0.654. The van der Waals surface area contributed by atoms with Crippen molar-refractivity contribution in [1.82, 2.24) is 5.16 Å². The SMILES string of the molecule is O=C(Sc1noc2ccccc12)c1ccc(Cl)s1. The van der Waals surface area contributed by atoms with Crippen LogP contribution in [0.25, 0.3) is 11.0 Å². The number of benzene rings is 1. The standard InChI is InChI=1S/C12H6ClNO2S2/c13-10-6-5-9(17-10)12(15)18-11-7-3-1-2-4-8(7)16-14-11/h1-6H. The van der Waals surface area contributed by atoms with E-state index in [0.29, 0.717) is 19.8 Å². The summed E-state index contributed by atoms with van der Waals surface area (Å²) in [5.74, 6) is 0. The third kappa shape index (κ3) is 2.16. The molecule has 0 saturated heterocycles. The number of fused-ring (bicyclic) bond motifs is 1. The Morgan fingerprint density at radius 1 is 1.28 bits per heavy atom. The monoisotopic (exact) mass is 295 g/mol. The molecule has 0 fully saturated rings. The molecule has 3 rings (SSSR count). The highest BCUT2D eigenvalue weighted by Gasteiger charge is 2.15. The summed E-state index contributed by atoms with van der Waals surface area (Å²) in [6.07, 6.45) is 0. The molecule has 0 radical (unpaired) electrons. The van der Waals surface area contributed by atoms with Gasteiger partial charge >= 0.3 is 0 Å². The number of nitrogens with zero attached hydrogens (tertiary/aromatic N) is 1. The topological polar surface area (TPSA) is 43.1 Å². The lowest BCUT2D eigenvalue weighted by Crippen LogP contribution is -1.88. The summed E-state index contributed by atoms with van der Waals surface area (Å²) in [7, 11) is 0. The number of halogens is 1. The average Bonchev–Trinajstić information content (AvgIpc) is 2.97. The van der Waals surface area contributed by atoms with Gasteiger partial charge in [0.05, 0.1) is 14.6 Å². The summed E-state index contributed by atoms with van der Waals surface area (Å²) in [5.41, 5.74) is 0.678. The normalized spacial score (nSPS) is 10.9. The molecule has 90 valence electrons. The van der Waals surface area contributed by atoms with E-state index in [1.165, 1.54) is 11.3 Å². The van der Waals surface area contributed by atoms with Crippen molar-refractivity contribution in [3.63, 3.8) is 0 Å². The summed E-state index contributed by atoms with van der Waals surface area (Å²) < 4.78 is 5.75. The predicted octanol–water partition coefficient (Wildman–Crippen LogP) is 4.48. The van der Waals surface area contributed by atoms with Gasteiger partial charge in [-0.25, -0.2) is 0 Å². The van der Waals surface area contributed by atoms with Crippen molar-refractivity contribution in [3.05, 3.63) is 45.6 Å². The molecular formula is C12H6ClNO2S2. The molecule has 0 amide bonds. The fourth-order valence-corrected chi connectivity index (χ4v) is 3.32. The molecule has 0 spiro atoms. The van der Waals surface area contributed by atoms with Crippen LogP contribution in [-0.4, -0.2) is 10.3 Å². The van der Waals surface area contributed by atoms with E-state index in [1.807, 2.05) is 24.3 Å². The Kier molecular flexibility index (Phi) is 3.11. The molecule has 2 heterocycles. The Bertz CT molecular complexity index is 720. The molecule has 6 heteroatoms. The molecular weight excluding hydrogens is 290 g/mol. The molecule has 0 atom stereocenters. The maximum atomic E-state index is 12.0. The Labute approximate surface area is 116 Å². The van der Waals surface area contributed by atoms with Gasteiger partial charge in [0.25, 0.3) is 0 Å². The van der Waals surface area contributed by atoms with Crippen molar-refractivity contribution >= 4 is 50.8 Å². The van der Waals surface area contributed by atoms with Crippen LogP contribution in [0.3, 0.4) is 0 Å². The van der Waals surface area contributed by atoms with Crippen LogP contribution >= 0.6 is 34.7 Å². The highest BCUT2D eigenvalue weighted by atomic mass is 35.5. The third-order valence-corrected chi connectivity index (χ3v) is 4.56. The van der Waals surface area contributed by atoms with Crippen molar-refractivity contribution in [1.29, 1.82) is 0 Å². The fraction of sp³-hybridized carbons (Fsp3) is 0. The van der Waals surface area contributed by atoms with Crippen LogP contribution in [0, 0.1) is 0 Å². The van der Waals surface area contributed by atoms with Gasteiger partial charge in [-0.1, -0.05) is 28.9 Å². The molecule has 0 aliphatic heterocycles. The first-order valence-electron chi connectivity index (χ1n) is 5.06. The molecule has 0 N–H and O–H groups in total. The van der Waals surface area contributed by atoms with Gasteiger partial charge in [-0.05, 0) is 36.0 Å². The first-order chi connectivity index (χ1) is 8.74. The smallest absolute Gasteiger partial charge is 0.235 e. The van der Waals surface area contributed by atoms with Gasteiger partial charge < -0.3 is 4.52 Å². The molecule has 1 aromatic carbocycles. The van der Waals surface area contributed by atoms with E-state index in [4.69, 9.17) is 16.1 Å². The number of hydrogen-bond donors (Lipinski definition) is 0. The third-order valence-electron chi connectivity index (χ3n) is 2.31. The van der Waals surface area contributed by atoms with Crippen LogP contribution in [0.1, 0.15) is 9.67 Å². The number of carbonyl (C=O) groups excluding carboxylic acids is 1. The van der Waals surface area contributed by atoms with Gasteiger partial charge in [0.1, 0.15) is 0 Å². The maximum absolute atomic E-state index is 12.0. The number of rotatable bonds is 2. The fourth-order valence-electron chi connectivity index (χ4n) is 1.50. The van der Waals surface area contributed by atoms with Crippen molar-refractivity contribution in [2.24, 2.45) is 0 Å². The van der Waals surface area contributed by atoms with Crippen molar-refractivity contribution in [2.45, 2.75) is 5.03 Å². The molecule has 0 saturated carbocycles. The van der Waals surface area contributed by atoms with Crippen LogP contribution < -0.4 is 0 Å². The lowest BCUT2D eigenvalue weighted by molar-refractivity contribution is 0.109. The van der Waals surface area contributed by atoms with Gasteiger partial charge in [0, 0.05) is 0 Å². The number of para-hydroxylation sites is 1. The average molecular weight is 296 g/mol. The van der Waals surface area contributed by atoms with Gasteiger partial charge in [-0.15, -0.1) is 11.3 Å². The summed E-state index contributed by atoms with van der Waals surface area (Å²) in [4.78, 5) is 12.6. The van der Waals surface area contributed by atoms with Crippen molar-refractivity contribution < 1.29 is 9.32 Å². The summed E-state index contributed by atoms with van der Waals surface area (Å²) in [6, 6.07) is 10.9. The Morgan fingerprint density at radius 3 is 2.89 bits per heavy atom. The number of hydrogen-bond acceptors (Lipinski definition) is 5. The highest BCUT2D eigenvalue weighted by molar-refractivity contribution is 8.14. The minimum Gasteiger partial charge on any atom is -0.355 e. The minimum absolute atomic E-state index is 0.0778. The summed E-state index contributed by atoms with van der Waals surface area (Å²) >= 11 is 8.12. The van der Waals surface area contributed by atoms with Crippen LogP contribution in [-0.2, 0) is 0 Å². The van der Waals surface area contributed by atoms with E-state index in [2.05, 4.69) is 5.16 Å². The van der Waals surface area contributed by atoms with Gasteiger partial charge in [0.2, 0.25) is 5.12 Å². The molecule has 0 unspecified atom stereocenters. The van der Waals surface area contributed by atoms with Gasteiger partial charge in [-0.3, -0.25) is 4.79 Å². The molecule has 0 aliphatic carbocycles. The van der Waals surface area contributed by atoms with Crippen LogP contribution in [0.2, 0.25) is 4.34 Å². The lowest BCUT2D eigenvalue weighted by Gasteiger charge is -1.93. The van der Waals surface area contributed by atoms with E-state index in [9.17, 15) is 4.79 Å². The lowest BCUT2D eigenvalue weighted by atomic mass is 10.3. The molecule has 3 nitrogen and oxygen atoms in total. The maximum Gasteiger partial charge on any atom is 0.235 e. The van der Waals surface area contributed by atoms with Crippen LogP contribution in [0.5, 0.6) is 0 Å². The van der Waals surface area contributed by atoms with Crippen LogP contribution in [0.4, 0.5) is 0 Å². The zero-order valence-corrected chi connectivity index (χ0v) is 11.3. The largest absolute Gasteiger partial charge is 0.355 e. The summed E-state index contributed by atoms with van der Waals surface area (Å²) in [6.45, 7) is 0. The number of carbonyl (C=O) groups is 1. The van der Waals surface area contributed by atoms with E-state index in [-0.39, 0.29) is 5.12 Å². The molecule has 0 bridgehead atoms. The zero-order chi connectivity index (χ0) is 12.5. The predicted molar refractivity (Wildman–Crippen MR) is 73.5 cm³/mol. The van der Waals surface area contributed by atoms with Crippen molar-refractivity contribution in [3.8, 4) is 0 Å². The zero-order valence-electron chi connectivity index (χ0n) is 8.92. The van der Waals surface area contributed by atoms with Crippen LogP contribution in [0.15, 0.2) is 45.9 Å². The first kappa shape index (κ1) is 11.8. The Morgan fingerprint density at radius 2 is 2.11 bits per heavy atom. The molecule has 0 aliphatic rings. The van der Waals surface area contributed by atoms with Crippen molar-refractivity contribution in [2.75, 3.05) is 0 Å². The Hall–Kier alpha value is -1.30. The van der Waals surface area contributed by atoms with E-state index >= 15 is 0 Å². The van der Waals surface area contributed by atoms with Gasteiger partial charge in [0.15, 0.2) is 10.6 Å². The Balaban J connectivity index is 1.90. The number of thiophene rings is 1. The van der Waals surface area contributed by atoms with Gasteiger partial charge in [-0.2, -0.15) is 0 Å². The first-order valence-corrected chi connectivity index (χ1v) is 7.07. The molecule has 2 aromatic heterocycles. The van der Waals surface area contributed by atoms with E-state index in [1.54, 1.807) is 12.1 Å². The molecule has 18 heavy (non-hydrogen) atoms. The number of thioether (sulfide) groups is 1. The minimum atomic E-state index is -0.0778. The van der Waals surface area contributed by atoms with E-state index in [0.717, 1.165) is 17.1 Å².